The highest BCUT2D eigenvalue weighted by Crippen LogP contribution is 2.42. The molecule has 0 bridgehead atoms. The normalized spacial score (nSPS) is 22.2. The van der Waals surface area contributed by atoms with Crippen molar-refractivity contribution in [1.29, 1.82) is 0 Å². The standard InChI is InChI=1S/C23H25Cl3N4O.HI/c1-15-21(23(31)28-30(2)12-4-3-5-13-30)27-29(20-11-10-18(25)14-19(20)26)22(15)16-6-8-17(24)9-7-16;/h6-11,14-15,22H,3-5,12-13H2,1-2H3;1H. The highest BCUT2D eigenvalue weighted by Gasteiger charge is 2.42. The first kappa shape index (κ1) is 25.6. The summed E-state index contributed by atoms with van der Waals surface area (Å²) >= 11 is 18.7. The number of likely N-dealkylation sites (tertiary alicyclic amines) is 1. The van der Waals surface area contributed by atoms with Gasteiger partial charge in [0, 0.05) is 16.0 Å². The van der Waals surface area contributed by atoms with Crippen LogP contribution in [0.1, 0.15) is 37.8 Å². The summed E-state index contributed by atoms with van der Waals surface area (Å²) in [5.41, 5.74) is 5.42. The van der Waals surface area contributed by atoms with Crippen LogP contribution in [0.25, 0.3) is 0 Å². The number of anilines is 1. The molecule has 0 spiro atoms. The van der Waals surface area contributed by atoms with E-state index in [9.17, 15) is 4.79 Å². The fourth-order valence-electron chi connectivity index (χ4n) is 4.47. The first-order chi connectivity index (χ1) is 14.8. The minimum absolute atomic E-state index is 0. The Morgan fingerprint density at radius 2 is 1.66 bits per heavy atom. The first-order valence-electron chi connectivity index (χ1n) is 10.5. The van der Waals surface area contributed by atoms with E-state index in [0.717, 1.165) is 31.5 Å². The van der Waals surface area contributed by atoms with Crippen LogP contribution in [-0.4, -0.2) is 36.3 Å². The zero-order valence-corrected chi connectivity index (χ0v) is 22.4. The number of carbonyl (C=O) groups excluding carboxylic acids is 1. The molecular formula is C23H26Cl3IN4O. The summed E-state index contributed by atoms with van der Waals surface area (Å²) in [5.74, 6) is -0.284. The van der Waals surface area contributed by atoms with Crippen molar-refractivity contribution in [2.75, 3.05) is 25.1 Å². The molecule has 0 radical (unpaired) electrons. The number of hydrogen-bond donors (Lipinski definition) is 1. The molecule has 0 saturated carbocycles. The smallest absolute Gasteiger partial charge is 0.312 e. The second-order valence-corrected chi connectivity index (χ2v) is 9.84. The summed E-state index contributed by atoms with van der Waals surface area (Å²) in [5, 5.41) is 8.30. The molecule has 1 saturated heterocycles. The van der Waals surface area contributed by atoms with Gasteiger partial charge in [-0.2, -0.15) is 10.5 Å². The van der Waals surface area contributed by atoms with Gasteiger partial charge in [-0.1, -0.05) is 53.9 Å². The van der Waals surface area contributed by atoms with Crippen LogP contribution in [0.15, 0.2) is 47.6 Å². The van der Waals surface area contributed by atoms with Crippen LogP contribution in [0.2, 0.25) is 15.1 Å². The van der Waals surface area contributed by atoms with Crippen LogP contribution in [0.4, 0.5) is 5.69 Å². The molecule has 2 aliphatic heterocycles. The monoisotopic (exact) mass is 606 g/mol. The maximum atomic E-state index is 13.3. The van der Waals surface area contributed by atoms with Gasteiger partial charge < -0.3 is 24.0 Å². The molecule has 9 heteroatoms. The van der Waals surface area contributed by atoms with Crippen molar-refractivity contribution in [3.05, 3.63) is 63.1 Å². The number of benzene rings is 2. The summed E-state index contributed by atoms with van der Waals surface area (Å²) in [6.45, 7) is 3.89. The highest BCUT2D eigenvalue weighted by atomic mass is 127. The molecule has 2 unspecified atom stereocenters. The van der Waals surface area contributed by atoms with Crippen molar-refractivity contribution in [3.8, 4) is 0 Å². The molecule has 32 heavy (non-hydrogen) atoms. The number of nitrogens with one attached hydrogen (secondary N) is 1. The van der Waals surface area contributed by atoms with Gasteiger partial charge in [0.05, 0.1) is 23.8 Å². The number of piperidine rings is 1. The minimum Gasteiger partial charge on any atom is -1.00 e. The number of hydrogen-bond acceptors (Lipinski definition) is 3. The second kappa shape index (κ2) is 10.5. The molecule has 172 valence electrons. The summed E-state index contributed by atoms with van der Waals surface area (Å²) in [6, 6.07) is 12.7. The third-order valence-corrected chi connectivity index (χ3v) is 6.95. The van der Waals surface area contributed by atoms with Crippen molar-refractivity contribution in [2.24, 2.45) is 11.0 Å². The molecular weight excluding hydrogens is 582 g/mol. The van der Waals surface area contributed by atoms with E-state index in [1.807, 2.05) is 42.3 Å². The van der Waals surface area contributed by atoms with E-state index in [2.05, 4.69) is 12.5 Å². The molecule has 2 atom stereocenters. The van der Waals surface area contributed by atoms with Gasteiger partial charge in [0.25, 0.3) is 0 Å². The molecule has 1 N–H and O–H groups in total. The van der Waals surface area contributed by atoms with E-state index in [-0.39, 0.29) is 41.8 Å². The van der Waals surface area contributed by atoms with Gasteiger partial charge in [-0.05, 0) is 55.2 Å². The van der Waals surface area contributed by atoms with Gasteiger partial charge in [0.1, 0.15) is 18.8 Å². The van der Waals surface area contributed by atoms with E-state index in [1.165, 1.54) is 6.42 Å². The fraction of sp³-hybridized carbons (Fsp3) is 0.391. The molecule has 1 amide bonds. The maximum Gasteiger partial charge on any atom is 0.312 e. The number of halogens is 4. The quantitative estimate of drug-likeness (QED) is 0.430. The molecule has 2 aromatic carbocycles. The van der Waals surface area contributed by atoms with Crippen LogP contribution in [-0.2, 0) is 4.79 Å². The lowest BCUT2D eigenvalue weighted by Crippen LogP contribution is -3.00. The average Bonchev–Trinajstić information content (AvgIpc) is 3.06. The van der Waals surface area contributed by atoms with E-state index in [1.54, 1.807) is 12.1 Å². The average molecular weight is 608 g/mol. The Hall–Kier alpha value is -1.06. The number of rotatable bonds is 4. The van der Waals surface area contributed by atoms with Crippen molar-refractivity contribution < 1.29 is 33.4 Å². The van der Waals surface area contributed by atoms with Gasteiger partial charge in [-0.25, -0.2) is 4.59 Å². The highest BCUT2D eigenvalue weighted by molar-refractivity contribution is 6.40. The number of quaternary nitrogens is 1. The SMILES string of the molecule is CC1C(C(=O)N[N+]2(C)CCCCC2)=NN(c2ccc(Cl)cc2Cl)C1c1ccc(Cl)cc1.[I-]. The lowest BCUT2D eigenvalue weighted by molar-refractivity contribution is -0.947. The Kier molecular flexibility index (Phi) is 8.36. The Morgan fingerprint density at radius 1 is 1.03 bits per heavy atom. The summed E-state index contributed by atoms with van der Waals surface area (Å²) in [7, 11) is 2.07. The second-order valence-electron chi connectivity index (χ2n) is 8.56. The Balaban J connectivity index is 0.00000289. The van der Waals surface area contributed by atoms with E-state index < -0.39 is 0 Å². The van der Waals surface area contributed by atoms with Crippen LogP contribution >= 0.6 is 34.8 Å². The molecule has 0 aromatic heterocycles. The summed E-state index contributed by atoms with van der Waals surface area (Å²) < 4.78 is 0.540. The van der Waals surface area contributed by atoms with Crippen LogP contribution in [0.3, 0.4) is 0 Å². The molecule has 2 heterocycles. The van der Waals surface area contributed by atoms with E-state index in [4.69, 9.17) is 39.9 Å². The topological polar surface area (TPSA) is 44.7 Å². The van der Waals surface area contributed by atoms with Crippen molar-refractivity contribution in [3.63, 3.8) is 0 Å². The van der Waals surface area contributed by atoms with Crippen LogP contribution in [0, 0.1) is 5.92 Å². The van der Waals surface area contributed by atoms with Crippen molar-refractivity contribution in [2.45, 2.75) is 32.2 Å². The third kappa shape index (κ3) is 5.36. The van der Waals surface area contributed by atoms with Crippen molar-refractivity contribution in [1.82, 2.24) is 5.43 Å². The zero-order chi connectivity index (χ0) is 22.2. The molecule has 5 nitrogen and oxygen atoms in total. The molecule has 4 rings (SSSR count). The maximum absolute atomic E-state index is 13.3. The van der Waals surface area contributed by atoms with Gasteiger partial charge >= 0.3 is 5.91 Å². The predicted molar refractivity (Wildman–Crippen MR) is 128 cm³/mol. The predicted octanol–water partition coefficient (Wildman–Crippen LogP) is 2.87. The van der Waals surface area contributed by atoms with Gasteiger partial charge in [0.2, 0.25) is 0 Å². The summed E-state index contributed by atoms with van der Waals surface area (Å²) in [4.78, 5) is 13.3. The van der Waals surface area contributed by atoms with Crippen molar-refractivity contribution >= 4 is 52.1 Å². The van der Waals surface area contributed by atoms with Gasteiger partial charge in [-0.3, -0.25) is 9.80 Å². The Morgan fingerprint density at radius 3 is 2.28 bits per heavy atom. The molecule has 2 aromatic rings. The molecule has 2 aliphatic rings. The minimum atomic E-state index is -0.191. The largest absolute Gasteiger partial charge is 1.00 e. The Labute approximate surface area is 221 Å². The number of amides is 1. The van der Waals surface area contributed by atoms with E-state index >= 15 is 0 Å². The summed E-state index contributed by atoms with van der Waals surface area (Å²) in [6.07, 6.45) is 3.43. The van der Waals surface area contributed by atoms with Crippen LogP contribution in [0.5, 0.6) is 0 Å². The van der Waals surface area contributed by atoms with Gasteiger partial charge in [0.15, 0.2) is 0 Å². The lowest BCUT2D eigenvalue weighted by Gasteiger charge is -2.36. The number of nitrogens with zero attached hydrogens (tertiary/aromatic N) is 3. The first-order valence-corrected chi connectivity index (χ1v) is 11.7. The molecule has 0 aliphatic carbocycles. The number of carbonyl (C=O) groups is 1. The zero-order valence-electron chi connectivity index (χ0n) is 18.0. The lowest BCUT2D eigenvalue weighted by atomic mass is 9.91. The third-order valence-electron chi connectivity index (χ3n) is 6.16. The number of hydrazone groups is 1. The van der Waals surface area contributed by atoms with E-state index in [0.29, 0.717) is 31.1 Å². The van der Waals surface area contributed by atoms with Crippen LogP contribution < -0.4 is 34.4 Å². The Bertz CT molecular complexity index is 1010. The fourth-order valence-corrected chi connectivity index (χ4v) is 5.09. The molecule has 1 fully saturated rings. The van der Waals surface area contributed by atoms with Gasteiger partial charge in [-0.15, -0.1) is 0 Å².